The van der Waals surface area contributed by atoms with E-state index in [0.29, 0.717) is 23.6 Å². The third-order valence-electron chi connectivity index (χ3n) is 2.79. The number of aromatic nitrogens is 3. The molecule has 0 aliphatic rings. The second-order valence-corrected chi connectivity index (χ2v) is 3.92. The van der Waals surface area contributed by atoms with E-state index in [9.17, 15) is 4.79 Å². The zero-order valence-electron chi connectivity index (χ0n) is 10.9. The highest BCUT2D eigenvalue weighted by atomic mass is 16.5. The predicted molar refractivity (Wildman–Crippen MR) is 68.7 cm³/mol. The summed E-state index contributed by atoms with van der Waals surface area (Å²) in [6.07, 6.45) is 1.69. The number of carbonyl (C=O) groups excluding carboxylic acids is 1. The summed E-state index contributed by atoms with van der Waals surface area (Å²) in [5.41, 5.74) is 2.56. The molecule has 0 bridgehead atoms. The summed E-state index contributed by atoms with van der Waals surface area (Å²) < 4.78 is 6.74. The van der Waals surface area contributed by atoms with E-state index in [-0.39, 0.29) is 5.97 Å². The first-order valence-electron chi connectivity index (χ1n) is 5.77. The lowest BCUT2D eigenvalue weighted by molar-refractivity contribution is 0.0526. The van der Waals surface area contributed by atoms with Gasteiger partial charge in [0.05, 0.1) is 29.6 Å². The molecule has 6 heteroatoms. The normalized spacial score (nSPS) is 10.7. The van der Waals surface area contributed by atoms with Crippen LogP contribution in [-0.4, -0.2) is 34.4 Å². The highest BCUT2D eigenvalue weighted by molar-refractivity contribution is 6.05. The lowest BCUT2D eigenvalue weighted by Gasteiger charge is -2.12. The highest BCUT2D eigenvalue weighted by Gasteiger charge is 2.20. The molecule has 0 aliphatic heterocycles. The molecule has 0 saturated heterocycles. The molecule has 0 aromatic carbocycles. The number of ether oxygens (including phenoxy) is 1. The lowest BCUT2D eigenvalue weighted by Crippen LogP contribution is -2.12. The Morgan fingerprint density at radius 2 is 2.28 bits per heavy atom. The number of hydrogen-bond donors (Lipinski definition) is 1. The molecule has 1 N–H and O–H groups in total. The van der Waals surface area contributed by atoms with Crippen LogP contribution in [0.25, 0.3) is 11.0 Å². The number of rotatable bonds is 3. The molecule has 0 atom stereocenters. The molecule has 0 spiro atoms. The molecule has 2 rings (SSSR count). The molecule has 96 valence electrons. The van der Waals surface area contributed by atoms with Gasteiger partial charge < -0.3 is 10.1 Å². The topological polar surface area (TPSA) is 69.0 Å². The average molecular weight is 248 g/mol. The Hall–Kier alpha value is -2.11. The fraction of sp³-hybridized carbons (Fsp3) is 0.417. The van der Waals surface area contributed by atoms with Gasteiger partial charge in [-0.05, 0) is 13.8 Å². The second kappa shape index (κ2) is 4.64. The molecule has 6 nitrogen and oxygen atoms in total. The van der Waals surface area contributed by atoms with E-state index in [1.807, 2.05) is 7.05 Å². The van der Waals surface area contributed by atoms with Crippen molar-refractivity contribution in [1.29, 1.82) is 0 Å². The summed E-state index contributed by atoms with van der Waals surface area (Å²) in [6, 6.07) is 0. The number of fused-ring (bicyclic) bond motifs is 1. The van der Waals surface area contributed by atoms with Crippen molar-refractivity contribution < 1.29 is 9.53 Å². The Morgan fingerprint density at radius 3 is 2.89 bits per heavy atom. The number of pyridine rings is 1. The molecule has 18 heavy (non-hydrogen) atoms. The van der Waals surface area contributed by atoms with Crippen LogP contribution in [0.5, 0.6) is 0 Å². The van der Waals surface area contributed by atoms with Gasteiger partial charge in [0.1, 0.15) is 5.56 Å². The number of hydrogen-bond acceptors (Lipinski definition) is 5. The highest BCUT2D eigenvalue weighted by Crippen LogP contribution is 2.28. The van der Waals surface area contributed by atoms with Gasteiger partial charge in [0.2, 0.25) is 0 Å². The molecule has 2 aromatic rings. The van der Waals surface area contributed by atoms with Gasteiger partial charge in [-0.2, -0.15) is 5.10 Å². The first-order chi connectivity index (χ1) is 8.60. The molecule has 0 radical (unpaired) electrons. The van der Waals surface area contributed by atoms with Crippen LogP contribution in [0.1, 0.15) is 23.0 Å². The second-order valence-electron chi connectivity index (χ2n) is 3.92. The molecule has 0 saturated carbocycles. The molecular weight excluding hydrogens is 232 g/mol. The van der Waals surface area contributed by atoms with Gasteiger partial charge in [-0.1, -0.05) is 0 Å². The smallest absolute Gasteiger partial charge is 0.342 e. The van der Waals surface area contributed by atoms with Crippen molar-refractivity contribution >= 4 is 22.7 Å². The molecule has 0 aliphatic carbocycles. The maximum Gasteiger partial charge on any atom is 0.342 e. The summed E-state index contributed by atoms with van der Waals surface area (Å²) >= 11 is 0. The van der Waals surface area contributed by atoms with Crippen molar-refractivity contribution in [1.82, 2.24) is 14.8 Å². The fourth-order valence-corrected chi connectivity index (χ4v) is 1.98. The average Bonchev–Trinajstić information content (AvgIpc) is 2.69. The fourth-order valence-electron chi connectivity index (χ4n) is 1.98. The number of carbonyl (C=O) groups is 1. The van der Waals surface area contributed by atoms with Crippen LogP contribution in [0.15, 0.2) is 6.20 Å². The van der Waals surface area contributed by atoms with Crippen LogP contribution in [0, 0.1) is 6.92 Å². The van der Waals surface area contributed by atoms with E-state index in [2.05, 4.69) is 15.4 Å². The van der Waals surface area contributed by atoms with Crippen LogP contribution in [0.4, 0.5) is 5.69 Å². The Bertz CT molecular complexity index is 604. The van der Waals surface area contributed by atoms with Crippen LogP contribution < -0.4 is 5.32 Å². The third-order valence-corrected chi connectivity index (χ3v) is 2.79. The lowest BCUT2D eigenvalue weighted by atomic mass is 10.1. The molecular formula is C12H16N4O2. The quantitative estimate of drug-likeness (QED) is 0.833. The summed E-state index contributed by atoms with van der Waals surface area (Å²) in [5.74, 6) is -0.363. The van der Waals surface area contributed by atoms with Crippen molar-refractivity contribution in [2.24, 2.45) is 7.05 Å². The zero-order chi connectivity index (χ0) is 13.3. The van der Waals surface area contributed by atoms with Gasteiger partial charge in [0.15, 0.2) is 5.65 Å². The van der Waals surface area contributed by atoms with Crippen LogP contribution in [0.2, 0.25) is 0 Å². The number of aryl methyl sites for hydroxylation is 2. The van der Waals surface area contributed by atoms with Crippen molar-refractivity contribution in [3.63, 3.8) is 0 Å². The molecule has 0 fully saturated rings. The van der Waals surface area contributed by atoms with Gasteiger partial charge in [0.25, 0.3) is 0 Å². The van der Waals surface area contributed by atoms with Crippen molar-refractivity contribution in [3.8, 4) is 0 Å². The minimum Gasteiger partial charge on any atom is -0.462 e. The summed E-state index contributed by atoms with van der Waals surface area (Å²) in [7, 11) is 3.59. The van der Waals surface area contributed by atoms with Crippen molar-refractivity contribution in [3.05, 3.63) is 17.5 Å². The standard InChI is InChI=1S/C12H16N4O2/c1-5-18-12(17)9-7(2)15-11-8(10(9)13-3)6-14-16(11)4/h6H,5H2,1-4H3,(H,13,15). The zero-order valence-corrected chi connectivity index (χ0v) is 10.9. The Balaban J connectivity index is 2.72. The van der Waals surface area contributed by atoms with Gasteiger partial charge in [0, 0.05) is 14.1 Å². The first-order valence-corrected chi connectivity index (χ1v) is 5.77. The van der Waals surface area contributed by atoms with Gasteiger partial charge >= 0.3 is 5.97 Å². The third kappa shape index (κ3) is 1.79. The number of esters is 1. The minimum atomic E-state index is -0.363. The largest absolute Gasteiger partial charge is 0.462 e. The Kier molecular flexibility index (Phi) is 3.18. The summed E-state index contributed by atoms with van der Waals surface area (Å²) in [6.45, 7) is 3.91. The maximum absolute atomic E-state index is 12.0. The Labute approximate surface area is 105 Å². The molecule has 0 unspecified atom stereocenters. The monoisotopic (exact) mass is 248 g/mol. The summed E-state index contributed by atoms with van der Waals surface area (Å²) in [5, 5.41) is 8.01. The van der Waals surface area contributed by atoms with E-state index in [1.165, 1.54) is 0 Å². The first kappa shape index (κ1) is 12.3. The van der Waals surface area contributed by atoms with E-state index >= 15 is 0 Å². The van der Waals surface area contributed by atoms with E-state index in [0.717, 1.165) is 11.0 Å². The summed E-state index contributed by atoms with van der Waals surface area (Å²) in [4.78, 5) is 16.4. The van der Waals surface area contributed by atoms with Crippen LogP contribution >= 0.6 is 0 Å². The number of nitrogens with zero attached hydrogens (tertiary/aromatic N) is 3. The molecule has 0 amide bonds. The van der Waals surface area contributed by atoms with Crippen LogP contribution in [-0.2, 0) is 11.8 Å². The van der Waals surface area contributed by atoms with E-state index < -0.39 is 0 Å². The molecule has 2 aromatic heterocycles. The van der Waals surface area contributed by atoms with Gasteiger partial charge in [-0.25, -0.2) is 9.78 Å². The predicted octanol–water partition coefficient (Wildman–Crippen LogP) is 1.50. The van der Waals surface area contributed by atoms with Gasteiger partial charge in [-0.15, -0.1) is 0 Å². The van der Waals surface area contributed by atoms with E-state index in [1.54, 1.807) is 31.8 Å². The molecule has 2 heterocycles. The number of nitrogens with one attached hydrogen (secondary N) is 1. The maximum atomic E-state index is 12.0. The number of anilines is 1. The van der Waals surface area contributed by atoms with Crippen molar-refractivity contribution in [2.45, 2.75) is 13.8 Å². The van der Waals surface area contributed by atoms with Crippen LogP contribution in [0.3, 0.4) is 0 Å². The minimum absolute atomic E-state index is 0.340. The Morgan fingerprint density at radius 1 is 1.56 bits per heavy atom. The van der Waals surface area contributed by atoms with Crippen molar-refractivity contribution in [2.75, 3.05) is 19.0 Å². The van der Waals surface area contributed by atoms with E-state index in [4.69, 9.17) is 4.74 Å². The van der Waals surface area contributed by atoms with Gasteiger partial charge in [-0.3, -0.25) is 4.68 Å². The SMILES string of the molecule is CCOC(=O)c1c(C)nc2c(cnn2C)c1NC.